The molecule has 0 spiro atoms. The summed E-state index contributed by atoms with van der Waals surface area (Å²) in [4.78, 5) is 21.0. The molecule has 11 heteroatoms. The number of nitrogens with zero attached hydrogens (tertiary/aromatic N) is 2. The molecule has 2 heterocycles. The molecule has 188 valence electrons. The summed E-state index contributed by atoms with van der Waals surface area (Å²) in [6.07, 6.45) is -4.25. The van der Waals surface area contributed by atoms with Crippen LogP contribution in [0.25, 0.3) is 22.4 Å². The topological polar surface area (TPSA) is 124 Å². The van der Waals surface area contributed by atoms with Gasteiger partial charge < -0.3 is 25.3 Å². The van der Waals surface area contributed by atoms with E-state index in [1.807, 2.05) is 30.3 Å². The fourth-order valence-corrected chi connectivity index (χ4v) is 3.80. The first-order valence-electron chi connectivity index (χ1n) is 11.0. The molecular formula is C25H23F3N4O4. The van der Waals surface area contributed by atoms with Crippen molar-refractivity contribution in [1.29, 1.82) is 0 Å². The normalized spacial score (nSPS) is 12.5. The molecular weight excluding hydrogens is 477 g/mol. The fourth-order valence-electron chi connectivity index (χ4n) is 3.80. The van der Waals surface area contributed by atoms with E-state index >= 15 is 0 Å². The number of aromatic nitrogens is 2. The lowest BCUT2D eigenvalue weighted by molar-refractivity contribution is -0.140. The van der Waals surface area contributed by atoms with Gasteiger partial charge >= 0.3 is 6.18 Å². The maximum absolute atomic E-state index is 13.2. The number of nitrogens with one attached hydrogen (secondary N) is 1. The van der Waals surface area contributed by atoms with E-state index in [0.717, 1.165) is 11.6 Å². The molecule has 4 aromatic rings. The van der Waals surface area contributed by atoms with Crippen LogP contribution in [0.3, 0.4) is 0 Å². The number of hydrogen-bond acceptors (Lipinski definition) is 7. The third kappa shape index (κ3) is 5.16. The molecule has 2 aromatic heterocycles. The van der Waals surface area contributed by atoms with Crippen molar-refractivity contribution < 1.29 is 32.2 Å². The van der Waals surface area contributed by atoms with Crippen LogP contribution in [0.5, 0.6) is 5.75 Å². The van der Waals surface area contributed by atoms with Gasteiger partial charge in [0.2, 0.25) is 5.89 Å². The van der Waals surface area contributed by atoms with E-state index in [1.54, 1.807) is 6.07 Å². The summed E-state index contributed by atoms with van der Waals surface area (Å²) in [6, 6.07) is 13.8. The number of carbonyl (C=O) groups excluding carboxylic acids is 1. The largest absolute Gasteiger partial charge is 0.494 e. The van der Waals surface area contributed by atoms with Gasteiger partial charge in [-0.2, -0.15) is 13.2 Å². The van der Waals surface area contributed by atoms with Crippen molar-refractivity contribution in [3.8, 4) is 17.2 Å². The van der Waals surface area contributed by atoms with E-state index in [0.29, 0.717) is 12.0 Å². The first-order chi connectivity index (χ1) is 17.2. The van der Waals surface area contributed by atoms with Crippen LogP contribution in [0.2, 0.25) is 0 Å². The molecule has 2 aromatic carbocycles. The maximum Gasteiger partial charge on any atom is 0.433 e. The number of halogens is 3. The number of hydrogen-bond donors (Lipinski definition) is 3. The minimum Gasteiger partial charge on any atom is -0.494 e. The van der Waals surface area contributed by atoms with Crippen molar-refractivity contribution in [2.45, 2.75) is 25.2 Å². The maximum atomic E-state index is 13.2. The van der Waals surface area contributed by atoms with Crippen LogP contribution in [-0.4, -0.2) is 40.7 Å². The number of rotatable bonds is 8. The molecule has 0 aliphatic rings. The third-order valence-corrected chi connectivity index (χ3v) is 5.54. The highest BCUT2D eigenvalue weighted by Crippen LogP contribution is 2.36. The lowest BCUT2D eigenvalue weighted by atomic mass is 10.1. The molecule has 8 nitrogen and oxygen atoms in total. The van der Waals surface area contributed by atoms with Crippen LogP contribution in [0, 0.1) is 0 Å². The zero-order valence-corrected chi connectivity index (χ0v) is 19.2. The number of methoxy groups -OCH3 is 1. The molecule has 4 N–H and O–H groups in total. The van der Waals surface area contributed by atoms with Crippen molar-refractivity contribution in [2.75, 3.05) is 13.7 Å². The molecule has 0 aliphatic heterocycles. The minimum absolute atomic E-state index is 0.0154. The lowest BCUT2D eigenvalue weighted by Crippen LogP contribution is -2.39. The number of aliphatic hydroxyl groups is 1. The summed E-state index contributed by atoms with van der Waals surface area (Å²) < 4.78 is 50.6. The molecule has 36 heavy (non-hydrogen) atoms. The average molecular weight is 500 g/mol. The van der Waals surface area contributed by atoms with E-state index in [9.17, 15) is 23.1 Å². The number of carbonyl (C=O) groups is 1. The molecule has 0 unspecified atom stereocenters. The number of aliphatic hydroxyl groups excluding tert-OH is 1. The summed E-state index contributed by atoms with van der Waals surface area (Å²) in [7, 11) is 1.32. The van der Waals surface area contributed by atoms with Crippen LogP contribution < -0.4 is 15.8 Å². The molecule has 0 aliphatic carbocycles. The molecule has 0 fully saturated rings. The number of ether oxygens (including phenoxy) is 1. The fraction of sp³-hybridized carbons (Fsp3) is 0.240. The first kappa shape index (κ1) is 25.1. The van der Waals surface area contributed by atoms with E-state index in [1.165, 1.54) is 19.2 Å². The molecule has 4 rings (SSSR count). The van der Waals surface area contributed by atoms with Crippen LogP contribution >= 0.6 is 0 Å². The standard InChI is InChI=1S/C25H23F3N4O4/c1-35-18-9-7-17(16-8-10-20(25(26,27)28)31-21(16)18)24-32-22(19(12-29)36-24)23(34)30-15(13-33)11-14-5-3-2-4-6-14/h2-10,15,33H,11-13,29H2,1H3,(H,30,34)/t15-/m0/s1. The Morgan fingerprint density at radius 2 is 1.89 bits per heavy atom. The highest BCUT2D eigenvalue weighted by atomic mass is 19.4. The van der Waals surface area contributed by atoms with Gasteiger partial charge in [0, 0.05) is 10.9 Å². The smallest absolute Gasteiger partial charge is 0.433 e. The molecule has 0 saturated heterocycles. The van der Waals surface area contributed by atoms with Gasteiger partial charge in [-0.25, -0.2) is 9.97 Å². The van der Waals surface area contributed by atoms with Crippen molar-refractivity contribution >= 4 is 16.8 Å². The van der Waals surface area contributed by atoms with Crippen LogP contribution in [0.15, 0.2) is 59.0 Å². The number of nitrogens with two attached hydrogens (primary N) is 1. The Morgan fingerprint density at radius 3 is 2.53 bits per heavy atom. The van der Waals surface area contributed by atoms with Crippen molar-refractivity contribution in [1.82, 2.24) is 15.3 Å². The number of amides is 1. The number of pyridine rings is 1. The Labute approximate surface area is 203 Å². The summed E-state index contributed by atoms with van der Waals surface area (Å²) in [5.41, 5.74) is 5.81. The Kier molecular flexibility index (Phi) is 7.22. The lowest BCUT2D eigenvalue weighted by Gasteiger charge is -2.15. The summed E-state index contributed by atoms with van der Waals surface area (Å²) in [5, 5.41) is 12.8. The van der Waals surface area contributed by atoms with Gasteiger partial charge in [0.25, 0.3) is 5.91 Å². The van der Waals surface area contributed by atoms with Crippen LogP contribution in [0.4, 0.5) is 13.2 Å². The summed E-state index contributed by atoms with van der Waals surface area (Å²) in [5.74, 6) is -0.396. The van der Waals surface area contributed by atoms with Gasteiger partial charge in [0.05, 0.1) is 26.3 Å². The predicted octanol–water partition coefficient (Wildman–Crippen LogP) is 3.71. The Morgan fingerprint density at radius 1 is 1.14 bits per heavy atom. The second-order valence-electron chi connectivity index (χ2n) is 7.94. The van der Waals surface area contributed by atoms with Gasteiger partial charge in [0.15, 0.2) is 11.5 Å². The average Bonchev–Trinajstić information content (AvgIpc) is 3.31. The van der Waals surface area contributed by atoms with Crippen molar-refractivity contribution in [3.05, 3.63) is 77.3 Å². The Bertz CT molecular complexity index is 1370. The summed E-state index contributed by atoms with van der Waals surface area (Å²) >= 11 is 0. The number of fused-ring (bicyclic) bond motifs is 1. The summed E-state index contributed by atoms with van der Waals surface area (Å²) in [6.45, 7) is -0.456. The molecule has 0 bridgehead atoms. The number of alkyl halides is 3. The van der Waals surface area contributed by atoms with E-state index in [2.05, 4.69) is 15.3 Å². The zero-order valence-electron chi connectivity index (χ0n) is 19.2. The van der Waals surface area contributed by atoms with Gasteiger partial charge in [0.1, 0.15) is 17.0 Å². The third-order valence-electron chi connectivity index (χ3n) is 5.54. The highest BCUT2D eigenvalue weighted by molar-refractivity contribution is 5.98. The predicted molar refractivity (Wildman–Crippen MR) is 125 cm³/mol. The molecule has 1 atom stereocenters. The van der Waals surface area contributed by atoms with E-state index in [-0.39, 0.29) is 47.1 Å². The SMILES string of the molecule is COc1ccc(-c2nc(C(=O)N[C@H](CO)Cc3ccccc3)c(CN)o2)c2ccc(C(F)(F)F)nc12. The van der Waals surface area contributed by atoms with Gasteiger partial charge in [-0.05, 0) is 36.2 Å². The number of oxazole rings is 1. The first-order valence-corrected chi connectivity index (χ1v) is 11.0. The van der Waals surface area contributed by atoms with Gasteiger partial charge in [-0.1, -0.05) is 30.3 Å². The van der Waals surface area contributed by atoms with Crippen LogP contribution in [-0.2, 0) is 19.1 Å². The van der Waals surface area contributed by atoms with Crippen molar-refractivity contribution in [2.24, 2.45) is 5.73 Å². The van der Waals surface area contributed by atoms with E-state index < -0.39 is 23.8 Å². The number of benzene rings is 2. The zero-order chi connectivity index (χ0) is 25.9. The highest BCUT2D eigenvalue weighted by Gasteiger charge is 2.33. The molecule has 0 saturated carbocycles. The second kappa shape index (κ2) is 10.3. The quantitative estimate of drug-likeness (QED) is 0.337. The van der Waals surface area contributed by atoms with E-state index in [4.69, 9.17) is 14.9 Å². The molecule has 0 radical (unpaired) electrons. The van der Waals surface area contributed by atoms with Gasteiger partial charge in [-0.3, -0.25) is 4.79 Å². The minimum atomic E-state index is -4.64. The Balaban J connectivity index is 1.69. The molecule has 1 amide bonds. The second-order valence-corrected chi connectivity index (χ2v) is 7.94. The monoisotopic (exact) mass is 500 g/mol. The van der Waals surface area contributed by atoms with Gasteiger partial charge in [-0.15, -0.1) is 0 Å². The van der Waals surface area contributed by atoms with Crippen molar-refractivity contribution in [3.63, 3.8) is 0 Å². The van der Waals surface area contributed by atoms with Crippen LogP contribution in [0.1, 0.15) is 27.5 Å². The Hall–Kier alpha value is -3.96.